The van der Waals surface area contributed by atoms with Crippen LogP contribution in [0.25, 0.3) is 22.2 Å². The summed E-state index contributed by atoms with van der Waals surface area (Å²) in [5.41, 5.74) is 0.0590. The highest BCUT2D eigenvalue weighted by Crippen LogP contribution is 2.25. The van der Waals surface area contributed by atoms with Gasteiger partial charge in [0, 0.05) is 5.56 Å². The minimum absolute atomic E-state index is 0.0866. The summed E-state index contributed by atoms with van der Waals surface area (Å²) in [6.45, 7) is 1.47. The zero-order chi connectivity index (χ0) is 15.0. The summed E-state index contributed by atoms with van der Waals surface area (Å²) in [5, 5.41) is 2.00. The molecule has 1 aromatic heterocycles. The van der Waals surface area contributed by atoms with Crippen LogP contribution in [0.3, 0.4) is 0 Å². The normalized spacial score (nSPS) is 10.8. The van der Waals surface area contributed by atoms with Crippen molar-refractivity contribution < 1.29 is 9.13 Å². The Labute approximate surface area is 120 Å². The fraction of sp³-hybridized carbons (Fsp3) is 0.125. The quantitative estimate of drug-likeness (QED) is 0.787. The third-order valence-electron chi connectivity index (χ3n) is 3.35. The molecule has 0 saturated carbocycles. The van der Waals surface area contributed by atoms with Gasteiger partial charge in [-0.15, -0.1) is 0 Å². The van der Waals surface area contributed by atoms with Gasteiger partial charge in [0.1, 0.15) is 11.6 Å². The maximum atomic E-state index is 13.3. The van der Waals surface area contributed by atoms with E-state index in [1.807, 2.05) is 36.4 Å². The van der Waals surface area contributed by atoms with Gasteiger partial charge < -0.3 is 9.72 Å². The number of rotatable bonds is 2. The maximum Gasteiger partial charge on any atom is 0.287 e. The lowest BCUT2D eigenvalue weighted by atomic mass is 10.1. The highest BCUT2D eigenvalue weighted by Gasteiger charge is 2.09. The Morgan fingerprint density at radius 1 is 1.14 bits per heavy atom. The summed E-state index contributed by atoms with van der Waals surface area (Å²) in [4.78, 5) is 18.0. The molecule has 0 fully saturated rings. The molecule has 3 rings (SSSR count). The number of methoxy groups -OCH3 is 1. The van der Waals surface area contributed by atoms with Gasteiger partial charge in [-0.05, 0) is 35.9 Å². The fourth-order valence-corrected chi connectivity index (χ4v) is 2.21. The van der Waals surface area contributed by atoms with Crippen molar-refractivity contribution in [2.24, 2.45) is 0 Å². The third kappa shape index (κ3) is 2.38. The third-order valence-corrected chi connectivity index (χ3v) is 3.35. The van der Waals surface area contributed by atoms with Crippen molar-refractivity contribution >= 4 is 10.8 Å². The van der Waals surface area contributed by atoms with E-state index in [-0.39, 0.29) is 5.69 Å². The summed E-state index contributed by atoms with van der Waals surface area (Å²) in [6.07, 6.45) is 0. The predicted molar refractivity (Wildman–Crippen MR) is 79.0 cm³/mol. The van der Waals surface area contributed by atoms with Crippen molar-refractivity contribution in [1.29, 1.82) is 0 Å². The number of H-pyrrole nitrogens is 1. The number of nitrogens with zero attached hydrogens (tertiary/aromatic N) is 1. The lowest BCUT2D eigenvalue weighted by Gasteiger charge is -2.06. The number of benzene rings is 2. The second-order valence-corrected chi connectivity index (χ2v) is 4.74. The number of aromatic amines is 1. The fourth-order valence-electron chi connectivity index (χ4n) is 2.21. The molecule has 2 aromatic carbocycles. The lowest BCUT2D eigenvalue weighted by Crippen LogP contribution is -2.15. The van der Waals surface area contributed by atoms with Crippen molar-refractivity contribution in [3.8, 4) is 17.1 Å². The first kappa shape index (κ1) is 13.3. The molecule has 0 unspecified atom stereocenters. The summed E-state index contributed by atoms with van der Waals surface area (Å²) in [6, 6.07) is 11.3. The number of nitrogens with one attached hydrogen (secondary N) is 1. The Hall–Kier alpha value is -2.69. The van der Waals surface area contributed by atoms with Crippen molar-refractivity contribution in [2.75, 3.05) is 7.11 Å². The van der Waals surface area contributed by atoms with E-state index < -0.39 is 11.4 Å². The molecule has 21 heavy (non-hydrogen) atoms. The summed E-state index contributed by atoms with van der Waals surface area (Å²) in [7, 11) is 1.62. The summed E-state index contributed by atoms with van der Waals surface area (Å²) in [5.74, 6) is 0.292. The molecular formula is C16H13FN2O2. The van der Waals surface area contributed by atoms with Crippen molar-refractivity contribution in [1.82, 2.24) is 9.97 Å². The molecule has 0 amide bonds. The largest absolute Gasteiger partial charge is 0.497 e. The maximum absolute atomic E-state index is 13.3. The van der Waals surface area contributed by atoms with E-state index in [1.165, 1.54) is 6.92 Å². The van der Waals surface area contributed by atoms with Gasteiger partial charge in [0.15, 0.2) is 0 Å². The van der Waals surface area contributed by atoms with Crippen LogP contribution in [-0.4, -0.2) is 17.1 Å². The number of hydrogen-bond donors (Lipinski definition) is 1. The second-order valence-electron chi connectivity index (χ2n) is 4.74. The molecule has 1 heterocycles. The molecule has 0 aliphatic heterocycles. The van der Waals surface area contributed by atoms with Crippen molar-refractivity contribution in [3.63, 3.8) is 0 Å². The van der Waals surface area contributed by atoms with E-state index in [0.717, 1.165) is 22.1 Å². The minimum atomic E-state index is -0.843. The van der Waals surface area contributed by atoms with Gasteiger partial charge in [0.25, 0.3) is 5.56 Å². The van der Waals surface area contributed by atoms with Crippen LogP contribution in [-0.2, 0) is 0 Å². The monoisotopic (exact) mass is 284 g/mol. The first-order valence-electron chi connectivity index (χ1n) is 6.43. The lowest BCUT2D eigenvalue weighted by molar-refractivity contribution is 0.415. The molecule has 0 spiro atoms. The topological polar surface area (TPSA) is 55.0 Å². The molecule has 0 bridgehead atoms. The average molecular weight is 284 g/mol. The Morgan fingerprint density at radius 3 is 2.57 bits per heavy atom. The average Bonchev–Trinajstić information content (AvgIpc) is 2.51. The highest BCUT2D eigenvalue weighted by atomic mass is 19.1. The number of halogens is 1. The van der Waals surface area contributed by atoms with E-state index in [9.17, 15) is 9.18 Å². The molecule has 0 aliphatic rings. The first-order chi connectivity index (χ1) is 10.1. The Bertz CT molecular complexity index is 887. The molecule has 0 saturated heterocycles. The Morgan fingerprint density at radius 2 is 1.86 bits per heavy atom. The Kier molecular flexibility index (Phi) is 3.17. The van der Waals surface area contributed by atoms with E-state index >= 15 is 0 Å². The summed E-state index contributed by atoms with van der Waals surface area (Å²) < 4.78 is 18.5. The molecule has 0 atom stereocenters. The minimum Gasteiger partial charge on any atom is -0.497 e. The van der Waals surface area contributed by atoms with Crippen LogP contribution in [0.2, 0.25) is 0 Å². The molecule has 106 valence electrons. The van der Waals surface area contributed by atoms with E-state index in [1.54, 1.807) is 7.11 Å². The highest BCUT2D eigenvalue weighted by molar-refractivity contribution is 5.87. The Balaban J connectivity index is 2.15. The molecule has 4 nitrogen and oxygen atoms in total. The van der Waals surface area contributed by atoms with E-state index in [0.29, 0.717) is 5.82 Å². The van der Waals surface area contributed by atoms with Crippen LogP contribution in [0, 0.1) is 12.7 Å². The summed E-state index contributed by atoms with van der Waals surface area (Å²) >= 11 is 0. The first-order valence-corrected chi connectivity index (χ1v) is 6.43. The van der Waals surface area contributed by atoms with Gasteiger partial charge in [0.05, 0.1) is 12.8 Å². The zero-order valence-corrected chi connectivity index (χ0v) is 11.6. The number of aromatic nitrogens is 2. The van der Waals surface area contributed by atoms with Crippen molar-refractivity contribution in [3.05, 3.63) is 58.3 Å². The number of hydrogen-bond acceptors (Lipinski definition) is 3. The van der Waals surface area contributed by atoms with Crippen molar-refractivity contribution in [2.45, 2.75) is 6.92 Å². The van der Waals surface area contributed by atoms with E-state index in [4.69, 9.17) is 4.74 Å². The van der Waals surface area contributed by atoms with Crippen LogP contribution < -0.4 is 10.3 Å². The van der Waals surface area contributed by atoms with Crippen LogP contribution in [0.5, 0.6) is 5.75 Å². The number of ether oxygens (including phenoxy) is 1. The predicted octanol–water partition coefficient (Wildman–Crippen LogP) is 3.05. The van der Waals surface area contributed by atoms with Gasteiger partial charge in [-0.2, -0.15) is 4.39 Å². The van der Waals surface area contributed by atoms with Gasteiger partial charge >= 0.3 is 0 Å². The van der Waals surface area contributed by atoms with Gasteiger partial charge in [-0.1, -0.05) is 18.2 Å². The molecule has 3 aromatic rings. The standard InChI is InChI=1S/C16H13FN2O2/c1-9-14(17)16(20)19-15(18-9)12-4-3-11-8-13(21-2)6-5-10(11)7-12/h3-8H,1-2H3,(H,18,19,20). The molecule has 0 aliphatic carbocycles. The van der Waals surface area contributed by atoms with Crippen LogP contribution >= 0.6 is 0 Å². The number of aryl methyl sites for hydroxylation is 1. The van der Waals surface area contributed by atoms with Crippen LogP contribution in [0.15, 0.2) is 41.2 Å². The number of fused-ring (bicyclic) bond motifs is 1. The van der Waals surface area contributed by atoms with Gasteiger partial charge in [-0.25, -0.2) is 4.98 Å². The van der Waals surface area contributed by atoms with Crippen LogP contribution in [0.4, 0.5) is 4.39 Å². The molecule has 5 heteroatoms. The van der Waals surface area contributed by atoms with Crippen LogP contribution in [0.1, 0.15) is 5.69 Å². The zero-order valence-electron chi connectivity index (χ0n) is 11.6. The van der Waals surface area contributed by atoms with E-state index in [2.05, 4.69) is 9.97 Å². The molecule has 1 N–H and O–H groups in total. The van der Waals surface area contributed by atoms with Gasteiger partial charge in [-0.3, -0.25) is 4.79 Å². The molecular weight excluding hydrogens is 271 g/mol. The SMILES string of the molecule is COc1ccc2cc(-c3nc(C)c(F)c(=O)[nH]3)ccc2c1. The second kappa shape index (κ2) is 5.01. The smallest absolute Gasteiger partial charge is 0.287 e. The van der Waals surface area contributed by atoms with Gasteiger partial charge in [0.2, 0.25) is 5.82 Å². The molecule has 0 radical (unpaired) electrons.